The highest BCUT2D eigenvalue weighted by Crippen LogP contribution is 2.25. The molecule has 0 aliphatic heterocycles. The summed E-state index contributed by atoms with van der Waals surface area (Å²) in [4.78, 5) is 0. The van der Waals surface area contributed by atoms with Crippen molar-refractivity contribution in [3.8, 4) is 11.5 Å². The fourth-order valence-corrected chi connectivity index (χ4v) is 2.02. The van der Waals surface area contributed by atoms with Gasteiger partial charge < -0.3 is 14.8 Å². The highest BCUT2D eigenvalue weighted by molar-refractivity contribution is 5.36. The molecule has 0 heterocycles. The zero-order chi connectivity index (χ0) is 14.4. The van der Waals surface area contributed by atoms with E-state index in [-0.39, 0.29) is 17.6 Å². The molecule has 20 heavy (non-hydrogen) atoms. The third kappa shape index (κ3) is 3.27. The first kappa shape index (κ1) is 14.3. The number of ether oxygens (including phenoxy) is 2. The molecule has 0 bridgehead atoms. The topological polar surface area (TPSA) is 30.5 Å². The summed E-state index contributed by atoms with van der Waals surface area (Å²) in [6, 6.07) is 14.0. The van der Waals surface area contributed by atoms with Gasteiger partial charge in [0.25, 0.3) is 0 Å². The van der Waals surface area contributed by atoms with Crippen molar-refractivity contribution in [2.24, 2.45) is 0 Å². The second-order valence-electron chi connectivity index (χ2n) is 4.32. The molecule has 1 unspecified atom stereocenters. The summed E-state index contributed by atoms with van der Waals surface area (Å²) in [7, 11) is 3.46. The first-order chi connectivity index (χ1) is 9.76. The van der Waals surface area contributed by atoms with Crippen molar-refractivity contribution in [2.75, 3.05) is 20.8 Å². The molecule has 0 spiro atoms. The van der Waals surface area contributed by atoms with Crippen LogP contribution in [0.4, 0.5) is 4.39 Å². The van der Waals surface area contributed by atoms with E-state index in [1.54, 1.807) is 25.3 Å². The van der Waals surface area contributed by atoms with E-state index < -0.39 is 0 Å². The summed E-state index contributed by atoms with van der Waals surface area (Å²) < 4.78 is 24.4. The van der Waals surface area contributed by atoms with E-state index in [1.165, 1.54) is 6.07 Å². The number of hydrogen-bond donors (Lipinski definition) is 1. The Morgan fingerprint density at radius 1 is 1.05 bits per heavy atom. The molecule has 0 fully saturated rings. The number of benzene rings is 2. The quantitative estimate of drug-likeness (QED) is 0.878. The Hall–Kier alpha value is -2.07. The highest BCUT2D eigenvalue weighted by Gasteiger charge is 2.15. The molecule has 1 N–H and O–H groups in total. The number of hydrogen-bond acceptors (Lipinski definition) is 3. The molecule has 2 aromatic carbocycles. The van der Waals surface area contributed by atoms with Gasteiger partial charge in [0, 0.05) is 5.56 Å². The predicted octanol–water partition coefficient (Wildman–Crippen LogP) is 3.17. The average Bonchev–Trinajstić information content (AvgIpc) is 2.50. The van der Waals surface area contributed by atoms with Gasteiger partial charge in [-0.05, 0) is 25.2 Å². The SMILES string of the molecule is CNC(COc1ccccc1F)c1ccccc1OC. The molecule has 4 heteroatoms. The molecular weight excluding hydrogens is 257 g/mol. The van der Waals surface area contributed by atoms with Crippen LogP contribution < -0.4 is 14.8 Å². The summed E-state index contributed by atoms with van der Waals surface area (Å²) in [6.45, 7) is 0.317. The van der Waals surface area contributed by atoms with Crippen LogP contribution in [-0.4, -0.2) is 20.8 Å². The van der Waals surface area contributed by atoms with Crippen molar-refractivity contribution in [1.29, 1.82) is 0 Å². The molecule has 0 aromatic heterocycles. The number of likely N-dealkylation sites (N-methyl/N-ethyl adjacent to an activating group) is 1. The van der Waals surface area contributed by atoms with Crippen molar-refractivity contribution in [3.63, 3.8) is 0 Å². The monoisotopic (exact) mass is 275 g/mol. The summed E-state index contributed by atoms with van der Waals surface area (Å²) in [6.07, 6.45) is 0. The molecule has 0 aliphatic carbocycles. The summed E-state index contributed by atoms with van der Waals surface area (Å²) >= 11 is 0. The van der Waals surface area contributed by atoms with Crippen LogP contribution in [0.2, 0.25) is 0 Å². The third-order valence-corrected chi connectivity index (χ3v) is 3.10. The Morgan fingerprint density at radius 3 is 2.35 bits per heavy atom. The van der Waals surface area contributed by atoms with Gasteiger partial charge in [0.05, 0.1) is 13.2 Å². The van der Waals surface area contributed by atoms with E-state index in [9.17, 15) is 4.39 Å². The van der Waals surface area contributed by atoms with Crippen LogP contribution in [0.25, 0.3) is 0 Å². The Morgan fingerprint density at radius 2 is 1.70 bits per heavy atom. The van der Waals surface area contributed by atoms with Crippen LogP contribution in [0, 0.1) is 5.82 Å². The van der Waals surface area contributed by atoms with Gasteiger partial charge in [-0.3, -0.25) is 0 Å². The minimum atomic E-state index is -0.359. The van der Waals surface area contributed by atoms with Gasteiger partial charge >= 0.3 is 0 Å². The van der Waals surface area contributed by atoms with Crippen molar-refractivity contribution in [3.05, 3.63) is 59.9 Å². The largest absolute Gasteiger partial charge is 0.496 e. The van der Waals surface area contributed by atoms with E-state index in [0.29, 0.717) is 6.61 Å². The van der Waals surface area contributed by atoms with E-state index >= 15 is 0 Å². The molecule has 0 radical (unpaired) electrons. The Kier molecular flexibility index (Phi) is 4.96. The lowest BCUT2D eigenvalue weighted by atomic mass is 10.1. The molecule has 3 nitrogen and oxygen atoms in total. The highest BCUT2D eigenvalue weighted by atomic mass is 19.1. The van der Waals surface area contributed by atoms with E-state index in [2.05, 4.69) is 5.32 Å². The second kappa shape index (κ2) is 6.91. The molecule has 0 saturated heterocycles. The lowest BCUT2D eigenvalue weighted by Gasteiger charge is -2.20. The summed E-state index contributed by atoms with van der Waals surface area (Å²) in [5, 5.41) is 3.16. The Bertz CT molecular complexity index is 560. The lowest BCUT2D eigenvalue weighted by molar-refractivity contribution is 0.258. The minimum absolute atomic E-state index is 0.0780. The van der Waals surface area contributed by atoms with Crippen LogP contribution >= 0.6 is 0 Å². The van der Waals surface area contributed by atoms with E-state index in [0.717, 1.165) is 11.3 Å². The van der Waals surface area contributed by atoms with E-state index in [4.69, 9.17) is 9.47 Å². The first-order valence-corrected chi connectivity index (χ1v) is 6.43. The zero-order valence-electron chi connectivity index (χ0n) is 11.6. The smallest absolute Gasteiger partial charge is 0.165 e. The molecule has 0 saturated carbocycles. The lowest BCUT2D eigenvalue weighted by Crippen LogP contribution is -2.24. The van der Waals surface area contributed by atoms with Gasteiger partial charge in [-0.2, -0.15) is 0 Å². The Balaban J connectivity index is 2.11. The van der Waals surface area contributed by atoms with Crippen LogP contribution in [-0.2, 0) is 0 Å². The molecule has 0 aliphatic rings. The van der Waals surface area contributed by atoms with Gasteiger partial charge in [-0.25, -0.2) is 4.39 Å². The third-order valence-electron chi connectivity index (χ3n) is 3.10. The van der Waals surface area contributed by atoms with Crippen molar-refractivity contribution in [1.82, 2.24) is 5.32 Å². The van der Waals surface area contributed by atoms with Crippen molar-refractivity contribution < 1.29 is 13.9 Å². The number of rotatable bonds is 6. The van der Waals surface area contributed by atoms with Gasteiger partial charge in [0.1, 0.15) is 12.4 Å². The number of nitrogens with one attached hydrogen (secondary N) is 1. The van der Waals surface area contributed by atoms with Crippen LogP contribution in [0.3, 0.4) is 0 Å². The normalized spacial score (nSPS) is 11.9. The molecule has 2 rings (SSSR count). The molecule has 2 aromatic rings. The van der Waals surface area contributed by atoms with Gasteiger partial charge in [0.2, 0.25) is 0 Å². The Labute approximate surface area is 118 Å². The second-order valence-corrected chi connectivity index (χ2v) is 4.32. The summed E-state index contributed by atoms with van der Waals surface area (Å²) in [5.41, 5.74) is 0.980. The first-order valence-electron chi connectivity index (χ1n) is 6.43. The molecule has 0 amide bonds. The fraction of sp³-hybridized carbons (Fsp3) is 0.250. The van der Waals surface area contributed by atoms with Gasteiger partial charge in [0.15, 0.2) is 11.6 Å². The van der Waals surface area contributed by atoms with Crippen molar-refractivity contribution in [2.45, 2.75) is 6.04 Å². The molecule has 1 atom stereocenters. The molecule has 106 valence electrons. The van der Waals surface area contributed by atoms with Gasteiger partial charge in [-0.1, -0.05) is 30.3 Å². The standard InChI is InChI=1S/C16H18FNO2/c1-18-14(12-7-3-5-9-15(12)19-2)11-20-16-10-6-4-8-13(16)17/h3-10,14,18H,11H2,1-2H3. The zero-order valence-corrected chi connectivity index (χ0v) is 11.6. The maximum atomic E-state index is 13.5. The van der Waals surface area contributed by atoms with Gasteiger partial charge in [-0.15, -0.1) is 0 Å². The summed E-state index contributed by atoms with van der Waals surface area (Å²) in [5.74, 6) is 0.675. The fourth-order valence-electron chi connectivity index (χ4n) is 2.02. The maximum Gasteiger partial charge on any atom is 0.165 e. The van der Waals surface area contributed by atoms with Crippen molar-refractivity contribution >= 4 is 0 Å². The van der Waals surface area contributed by atoms with Crippen LogP contribution in [0.15, 0.2) is 48.5 Å². The molecular formula is C16H18FNO2. The average molecular weight is 275 g/mol. The van der Waals surface area contributed by atoms with Crippen LogP contribution in [0.1, 0.15) is 11.6 Å². The minimum Gasteiger partial charge on any atom is -0.496 e. The number of para-hydroxylation sites is 2. The van der Waals surface area contributed by atoms with E-state index in [1.807, 2.05) is 31.3 Å². The maximum absolute atomic E-state index is 13.5. The number of halogens is 1. The predicted molar refractivity (Wildman–Crippen MR) is 76.7 cm³/mol. The van der Waals surface area contributed by atoms with Crippen LogP contribution in [0.5, 0.6) is 11.5 Å². The number of methoxy groups -OCH3 is 1.